The maximum absolute atomic E-state index is 12.3. The smallest absolute Gasteiger partial charge is 0.347 e. The van der Waals surface area contributed by atoms with E-state index in [2.05, 4.69) is 31.9 Å². The summed E-state index contributed by atoms with van der Waals surface area (Å²) < 4.78 is 6.80. The van der Waals surface area contributed by atoms with Gasteiger partial charge in [-0.05, 0) is 42.3 Å². The van der Waals surface area contributed by atoms with Crippen molar-refractivity contribution in [3.63, 3.8) is 0 Å². The maximum Gasteiger partial charge on any atom is 0.347 e. The lowest BCUT2D eigenvalue weighted by molar-refractivity contribution is -0.161. The highest BCUT2D eigenvalue weighted by molar-refractivity contribution is 9.10. The van der Waals surface area contributed by atoms with Gasteiger partial charge in [0.15, 0.2) is 0 Å². The number of aliphatic hydroxyl groups is 1. The second-order valence-corrected chi connectivity index (χ2v) is 6.28. The van der Waals surface area contributed by atoms with Gasteiger partial charge in [0.05, 0.1) is 6.61 Å². The van der Waals surface area contributed by atoms with Crippen LogP contribution in [-0.4, -0.2) is 17.7 Å². The van der Waals surface area contributed by atoms with Crippen LogP contribution >= 0.6 is 31.9 Å². The molecule has 0 atom stereocenters. The van der Waals surface area contributed by atoms with Gasteiger partial charge in [-0.15, -0.1) is 0 Å². The molecule has 0 heterocycles. The van der Waals surface area contributed by atoms with Crippen molar-refractivity contribution >= 4 is 37.8 Å². The molecule has 0 aliphatic carbocycles. The Labute approximate surface area is 140 Å². The molecule has 110 valence electrons. The molecule has 0 bridgehead atoms. The van der Waals surface area contributed by atoms with Crippen LogP contribution < -0.4 is 0 Å². The first kappa shape index (κ1) is 16.2. The number of benzene rings is 2. The molecule has 5 heteroatoms. The lowest BCUT2D eigenvalue weighted by Gasteiger charge is -2.27. The van der Waals surface area contributed by atoms with Crippen molar-refractivity contribution < 1.29 is 14.6 Å². The van der Waals surface area contributed by atoms with Crippen LogP contribution in [0.15, 0.2) is 57.5 Å². The van der Waals surface area contributed by atoms with Crippen molar-refractivity contribution in [3.8, 4) is 0 Å². The van der Waals surface area contributed by atoms with Gasteiger partial charge < -0.3 is 9.84 Å². The topological polar surface area (TPSA) is 46.5 Å². The first-order valence-corrected chi connectivity index (χ1v) is 7.98. The van der Waals surface area contributed by atoms with Crippen molar-refractivity contribution in [1.29, 1.82) is 0 Å². The molecule has 0 radical (unpaired) electrons. The zero-order valence-electron chi connectivity index (χ0n) is 11.3. The average molecular weight is 414 g/mol. The summed E-state index contributed by atoms with van der Waals surface area (Å²) >= 11 is 6.68. The van der Waals surface area contributed by atoms with Gasteiger partial charge in [0.2, 0.25) is 5.60 Å². The third kappa shape index (κ3) is 3.36. The van der Waals surface area contributed by atoms with E-state index in [1.807, 2.05) is 0 Å². The van der Waals surface area contributed by atoms with Crippen molar-refractivity contribution in [1.82, 2.24) is 0 Å². The first-order chi connectivity index (χ1) is 9.98. The summed E-state index contributed by atoms with van der Waals surface area (Å²) in [5, 5.41) is 11.0. The third-order valence-corrected chi connectivity index (χ3v) is 4.15. The number of hydrogen-bond acceptors (Lipinski definition) is 3. The van der Waals surface area contributed by atoms with Crippen molar-refractivity contribution in [2.24, 2.45) is 0 Å². The second-order valence-electron chi connectivity index (χ2n) is 4.44. The lowest BCUT2D eigenvalue weighted by atomic mass is 9.86. The molecule has 1 N–H and O–H groups in total. The van der Waals surface area contributed by atoms with E-state index in [9.17, 15) is 9.90 Å². The van der Waals surface area contributed by atoms with E-state index in [1.54, 1.807) is 55.5 Å². The zero-order chi connectivity index (χ0) is 15.5. The number of ether oxygens (including phenoxy) is 1. The highest BCUT2D eigenvalue weighted by Crippen LogP contribution is 2.32. The molecular formula is C16H14Br2O3. The van der Waals surface area contributed by atoms with Crippen LogP contribution in [0.5, 0.6) is 0 Å². The highest BCUT2D eigenvalue weighted by atomic mass is 79.9. The largest absolute Gasteiger partial charge is 0.463 e. The molecule has 0 spiro atoms. The van der Waals surface area contributed by atoms with Gasteiger partial charge in [-0.3, -0.25) is 0 Å². The molecule has 3 nitrogen and oxygen atoms in total. The fraction of sp³-hybridized carbons (Fsp3) is 0.188. The minimum absolute atomic E-state index is 0.203. The molecule has 0 aliphatic heterocycles. The first-order valence-electron chi connectivity index (χ1n) is 6.40. The normalized spacial score (nSPS) is 11.2. The van der Waals surface area contributed by atoms with Crippen LogP contribution in [0.3, 0.4) is 0 Å². The summed E-state index contributed by atoms with van der Waals surface area (Å²) in [6.45, 7) is 1.91. The van der Waals surface area contributed by atoms with Crippen LogP contribution in [-0.2, 0) is 15.1 Å². The number of carbonyl (C=O) groups is 1. The van der Waals surface area contributed by atoms with Crippen LogP contribution in [0.1, 0.15) is 18.1 Å². The fourth-order valence-corrected chi connectivity index (χ4v) is 2.55. The van der Waals surface area contributed by atoms with E-state index in [1.165, 1.54) is 0 Å². The van der Waals surface area contributed by atoms with Crippen molar-refractivity contribution in [3.05, 3.63) is 68.6 Å². The summed E-state index contributed by atoms with van der Waals surface area (Å²) in [5.41, 5.74) is -0.893. The van der Waals surface area contributed by atoms with Crippen LogP contribution in [0.25, 0.3) is 0 Å². The van der Waals surface area contributed by atoms with E-state index in [-0.39, 0.29) is 6.61 Å². The van der Waals surface area contributed by atoms with Gasteiger partial charge in [-0.2, -0.15) is 0 Å². The third-order valence-electron chi connectivity index (χ3n) is 3.09. The molecule has 0 saturated carbocycles. The van der Waals surface area contributed by atoms with Gasteiger partial charge in [-0.25, -0.2) is 4.79 Å². The summed E-state index contributed by atoms with van der Waals surface area (Å²) in [7, 11) is 0. The van der Waals surface area contributed by atoms with Gasteiger partial charge >= 0.3 is 5.97 Å². The molecule has 0 unspecified atom stereocenters. The number of esters is 1. The van der Waals surface area contributed by atoms with Crippen molar-refractivity contribution in [2.75, 3.05) is 6.61 Å². The predicted molar refractivity (Wildman–Crippen MR) is 87.9 cm³/mol. The van der Waals surface area contributed by atoms with E-state index in [4.69, 9.17) is 4.74 Å². The monoisotopic (exact) mass is 412 g/mol. The minimum atomic E-state index is -1.82. The maximum atomic E-state index is 12.3. The number of rotatable bonds is 4. The Morgan fingerprint density at radius 3 is 1.71 bits per heavy atom. The Hall–Kier alpha value is -1.17. The molecular weight excluding hydrogens is 400 g/mol. The Bertz CT molecular complexity index is 575. The highest BCUT2D eigenvalue weighted by Gasteiger charge is 2.41. The summed E-state index contributed by atoms with van der Waals surface area (Å²) in [4.78, 5) is 12.3. The van der Waals surface area contributed by atoms with Gasteiger partial charge in [0.1, 0.15) is 0 Å². The van der Waals surface area contributed by atoms with Crippen LogP contribution in [0.4, 0.5) is 0 Å². The second kappa shape index (κ2) is 6.73. The van der Waals surface area contributed by atoms with E-state index in [0.717, 1.165) is 8.95 Å². The molecule has 2 aromatic carbocycles. The minimum Gasteiger partial charge on any atom is -0.463 e. The molecule has 0 amide bonds. The lowest BCUT2D eigenvalue weighted by Crippen LogP contribution is -2.38. The average Bonchev–Trinajstić information content (AvgIpc) is 2.48. The molecule has 21 heavy (non-hydrogen) atoms. The number of halogens is 2. The van der Waals surface area contributed by atoms with Crippen LogP contribution in [0.2, 0.25) is 0 Å². The van der Waals surface area contributed by atoms with E-state index in [0.29, 0.717) is 11.1 Å². The quantitative estimate of drug-likeness (QED) is 0.770. The SMILES string of the molecule is CCOC(=O)C(O)(c1ccc(Br)cc1)c1ccc(Br)cc1. The number of carbonyl (C=O) groups excluding carboxylic acids is 1. The van der Waals surface area contributed by atoms with Gasteiger partial charge in [0.25, 0.3) is 0 Å². The molecule has 0 aliphatic rings. The zero-order valence-corrected chi connectivity index (χ0v) is 14.5. The van der Waals surface area contributed by atoms with E-state index < -0.39 is 11.6 Å². The Balaban J connectivity index is 2.55. The molecule has 0 saturated heterocycles. The molecule has 0 aromatic heterocycles. The standard InChI is InChI=1S/C16H14Br2O3/c1-2-21-15(19)16(20,11-3-7-13(17)8-4-11)12-5-9-14(18)10-6-12/h3-10,20H,2H2,1H3. The number of hydrogen-bond donors (Lipinski definition) is 1. The summed E-state index contributed by atoms with van der Waals surface area (Å²) in [6, 6.07) is 13.9. The Morgan fingerprint density at radius 1 is 1.00 bits per heavy atom. The summed E-state index contributed by atoms with van der Waals surface area (Å²) in [6.07, 6.45) is 0. The predicted octanol–water partition coefficient (Wildman–Crippen LogP) is 4.01. The molecule has 2 rings (SSSR count). The van der Waals surface area contributed by atoms with Crippen molar-refractivity contribution in [2.45, 2.75) is 12.5 Å². The Kier molecular flexibility index (Phi) is 5.19. The fourth-order valence-electron chi connectivity index (χ4n) is 2.02. The molecule has 0 fully saturated rings. The summed E-state index contributed by atoms with van der Waals surface area (Å²) in [5.74, 6) is -0.686. The van der Waals surface area contributed by atoms with E-state index >= 15 is 0 Å². The van der Waals surface area contributed by atoms with Crippen LogP contribution in [0, 0.1) is 0 Å². The Morgan fingerprint density at radius 2 is 1.38 bits per heavy atom. The van der Waals surface area contributed by atoms with Gasteiger partial charge in [0, 0.05) is 8.95 Å². The van der Waals surface area contributed by atoms with Gasteiger partial charge in [-0.1, -0.05) is 56.1 Å². The molecule has 2 aromatic rings.